The molecule has 1 aromatic carbocycles. The van der Waals surface area contributed by atoms with Crippen LogP contribution in [0.15, 0.2) is 12.1 Å². The van der Waals surface area contributed by atoms with Gasteiger partial charge in [-0.15, -0.1) is 0 Å². The fourth-order valence-electron chi connectivity index (χ4n) is 4.15. The topological polar surface area (TPSA) is 129 Å². The summed E-state index contributed by atoms with van der Waals surface area (Å²) < 4.78 is 11.9. The summed E-state index contributed by atoms with van der Waals surface area (Å²) in [7, 11) is 0. The molecule has 1 aromatic rings. The molecule has 8 heteroatoms. The third-order valence-electron chi connectivity index (χ3n) is 6.34. The van der Waals surface area contributed by atoms with Gasteiger partial charge in [-0.1, -0.05) is 104 Å². The van der Waals surface area contributed by atoms with Gasteiger partial charge in [0.1, 0.15) is 11.5 Å². The SMILES string of the molecule is CCCCCCCCCCOc1cc(OCCCCCCCCCC)c(C(=O)NN)cc1C(=O)NN. The molecule has 8 nitrogen and oxygen atoms in total. The lowest BCUT2D eigenvalue weighted by molar-refractivity contribution is 0.0948. The van der Waals surface area contributed by atoms with Gasteiger partial charge in [0, 0.05) is 6.07 Å². The summed E-state index contributed by atoms with van der Waals surface area (Å²) in [5.74, 6) is 10.3. The van der Waals surface area contributed by atoms with E-state index >= 15 is 0 Å². The highest BCUT2D eigenvalue weighted by Gasteiger charge is 2.21. The lowest BCUT2D eigenvalue weighted by Gasteiger charge is -2.16. The highest BCUT2D eigenvalue weighted by atomic mass is 16.5. The third kappa shape index (κ3) is 13.1. The molecule has 0 atom stereocenters. The molecule has 0 saturated heterocycles. The van der Waals surface area contributed by atoms with E-state index in [0.29, 0.717) is 24.7 Å². The number of amides is 2. The number of nitrogens with two attached hydrogens (primary N) is 2. The largest absolute Gasteiger partial charge is 0.493 e. The van der Waals surface area contributed by atoms with Crippen LogP contribution in [0.3, 0.4) is 0 Å². The number of hydrazine groups is 2. The standard InChI is InChI=1S/C28H50N4O4/c1-3-5-7-9-11-13-15-17-19-35-25-22-26(36-20-18-16-14-12-10-8-6-4-2)24(28(34)32-30)21-23(25)27(33)31-29/h21-22H,3-20,29-30H2,1-2H3,(H,31,33)(H,32,34). The Hall–Kier alpha value is -2.32. The van der Waals surface area contributed by atoms with E-state index in [4.69, 9.17) is 21.2 Å². The van der Waals surface area contributed by atoms with E-state index in [0.717, 1.165) is 25.7 Å². The smallest absolute Gasteiger partial charge is 0.268 e. The summed E-state index contributed by atoms with van der Waals surface area (Å²) in [6, 6.07) is 3.03. The maximum atomic E-state index is 12.4. The van der Waals surface area contributed by atoms with Gasteiger partial charge in [0.25, 0.3) is 11.8 Å². The molecule has 6 N–H and O–H groups in total. The first-order chi connectivity index (χ1) is 17.6. The second kappa shape index (κ2) is 20.8. The zero-order valence-electron chi connectivity index (χ0n) is 22.7. The highest BCUT2D eigenvalue weighted by Crippen LogP contribution is 2.30. The van der Waals surface area contributed by atoms with Crippen molar-refractivity contribution in [2.75, 3.05) is 13.2 Å². The molecule has 36 heavy (non-hydrogen) atoms. The number of rotatable bonds is 22. The molecule has 0 heterocycles. The van der Waals surface area contributed by atoms with Crippen LogP contribution >= 0.6 is 0 Å². The maximum Gasteiger partial charge on any atom is 0.268 e. The van der Waals surface area contributed by atoms with Crippen molar-refractivity contribution >= 4 is 11.8 Å². The van der Waals surface area contributed by atoms with Crippen LogP contribution < -0.4 is 32.0 Å². The molecule has 0 aromatic heterocycles. The summed E-state index contributed by atoms with van der Waals surface area (Å²) >= 11 is 0. The first-order valence-electron chi connectivity index (χ1n) is 14.0. The third-order valence-corrected chi connectivity index (χ3v) is 6.34. The van der Waals surface area contributed by atoms with E-state index in [-0.39, 0.29) is 11.1 Å². The van der Waals surface area contributed by atoms with Crippen molar-refractivity contribution in [1.29, 1.82) is 0 Å². The van der Waals surface area contributed by atoms with Crippen LogP contribution in [0.2, 0.25) is 0 Å². The van der Waals surface area contributed by atoms with Crippen molar-refractivity contribution in [3.05, 3.63) is 23.3 Å². The molecule has 0 unspecified atom stereocenters. The second-order valence-electron chi connectivity index (χ2n) is 9.44. The zero-order chi connectivity index (χ0) is 26.4. The van der Waals surface area contributed by atoms with Crippen LogP contribution in [-0.2, 0) is 0 Å². The first kappa shape index (κ1) is 31.7. The molecule has 2 amide bonds. The average molecular weight is 507 g/mol. The molecule has 0 spiro atoms. The van der Waals surface area contributed by atoms with Crippen molar-refractivity contribution < 1.29 is 19.1 Å². The fraction of sp³-hybridized carbons (Fsp3) is 0.714. The van der Waals surface area contributed by atoms with Gasteiger partial charge in [0.05, 0.1) is 24.3 Å². The van der Waals surface area contributed by atoms with Crippen LogP contribution in [-0.4, -0.2) is 25.0 Å². The van der Waals surface area contributed by atoms with Crippen molar-refractivity contribution in [2.45, 2.75) is 117 Å². The number of nitrogen functional groups attached to an aromatic ring is 2. The van der Waals surface area contributed by atoms with Crippen LogP contribution in [0.5, 0.6) is 11.5 Å². The Bertz CT molecular complexity index is 685. The van der Waals surface area contributed by atoms with Gasteiger partial charge >= 0.3 is 0 Å². The molecule has 0 aliphatic heterocycles. The fourth-order valence-corrected chi connectivity index (χ4v) is 4.15. The van der Waals surface area contributed by atoms with Crippen LogP contribution in [0.25, 0.3) is 0 Å². The maximum absolute atomic E-state index is 12.4. The summed E-state index contributed by atoms with van der Waals surface area (Å²) in [6.45, 7) is 5.39. The molecule has 0 fully saturated rings. The first-order valence-corrected chi connectivity index (χ1v) is 14.0. The quantitative estimate of drug-likeness (QED) is 0.0667. The normalized spacial score (nSPS) is 10.8. The molecule has 0 bridgehead atoms. The van der Waals surface area contributed by atoms with Gasteiger partial charge in [0.2, 0.25) is 0 Å². The van der Waals surface area contributed by atoms with Crippen molar-refractivity contribution in [3.63, 3.8) is 0 Å². The highest BCUT2D eigenvalue weighted by molar-refractivity contribution is 6.03. The van der Waals surface area contributed by atoms with E-state index < -0.39 is 11.8 Å². The summed E-state index contributed by atoms with van der Waals surface area (Å²) in [4.78, 5) is 24.8. The van der Waals surface area contributed by atoms with Crippen LogP contribution in [0, 0.1) is 0 Å². The number of hydrogen-bond acceptors (Lipinski definition) is 6. The van der Waals surface area contributed by atoms with Crippen molar-refractivity contribution in [3.8, 4) is 11.5 Å². The molecule has 206 valence electrons. The zero-order valence-corrected chi connectivity index (χ0v) is 22.7. The number of benzene rings is 1. The number of unbranched alkanes of at least 4 members (excludes halogenated alkanes) is 14. The van der Waals surface area contributed by atoms with E-state index in [1.165, 1.54) is 83.1 Å². The summed E-state index contributed by atoms with van der Waals surface area (Å²) in [5, 5.41) is 0. The minimum Gasteiger partial charge on any atom is -0.493 e. The molecule has 0 saturated carbocycles. The number of carbonyl (C=O) groups excluding carboxylic acids is 2. The monoisotopic (exact) mass is 506 g/mol. The van der Waals surface area contributed by atoms with Gasteiger partial charge in [-0.2, -0.15) is 0 Å². The van der Waals surface area contributed by atoms with Gasteiger partial charge in [-0.05, 0) is 18.9 Å². The van der Waals surface area contributed by atoms with Crippen molar-refractivity contribution in [1.82, 2.24) is 10.9 Å². The Labute approximate surface area is 218 Å². The summed E-state index contributed by atoms with van der Waals surface area (Å²) in [6.07, 6.45) is 19.0. The Morgan fingerprint density at radius 2 is 0.917 bits per heavy atom. The lowest BCUT2D eigenvalue weighted by atomic mass is 10.1. The Morgan fingerprint density at radius 1 is 0.583 bits per heavy atom. The van der Waals surface area contributed by atoms with Gasteiger partial charge < -0.3 is 9.47 Å². The van der Waals surface area contributed by atoms with Gasteiger partial charge in [-0.25, -0.2) is 11.7 Å². The Balaban J connectivity index is 2.69. The van der Waals surface area contributed by atoms with Crippen LogP contribution in [0.1, 0.15) is 137 Å². The molecule has 1 rings (SSSR count). The minimum absolute atomic E-state index is 0.176. The second-order valence-corrected chi connectivity index (χ2v) is 9.44. The molecule has 0 aliphatic carbocycles. The predicted octanol–water partition coefficient (Wildman–Crippen LogP) is 5.93. The van der Waals surface area contributed by atoms with E-state index in [9.17, 15) is 9.59 Å². The van der Waals surface area contributed by atoms with Crippen molar-refractivity contribution in [2.24, 2.45) is 11.7 Å². The number of carbonyl (C=O) groups is 2. The van der Waals surface area contributed by atoms with Gasteiger partial charge in [-0.3, -0.25) is 20.4 Å². The molecule has 0 aliphatic rings. The lowest BCUT2D eigenvalue weighted by Crippen LogP contribution is -2.33. The Kier molecular flexibility index (Phi) is 18.3. The van der Waals surface area contributed by atoms with E-state index in [1.807, 2.05) is 0 Å². The average Bonchev–Trinajstić information content (AvgIpc) is 2.90. The Morgan fingerprint density at radius 3 is 1.25 bits per heavy atom. The summed E-state index contributed by atoms with van der Waals surface area (Å²) in [5.41, 5.74) is 4.60. The number of ether oxygens (including phenoxy) is 2. The van der Waals surface area contributed by atoms with Gasteiger partial charge in [0.15, 0.2) is 0 Å². The minimum atomic E-state index is -0.540. The van der Waals surface area contributed by atoms with E-state index in [2.05, 4.69) is 24.7 Å². The van der Waals surface area contributed by atoms with E-state index in [1.54, 1.807) is 6.07 Å². The van der Waals surface area contributed by atoms with Crippen LogP contribution in [0.4, 0.5) is 0 Å². The number of hydrogen-bond donors (Lipinski definition) is 4. The number of nitrogens with one attached hydrogen (secondary N) is 2. The molecular formula is C28H50N4O4. The molecular weight excluding hydrogens is 456 g/mol. The molecule has 0 radical (unpaired) electrons. The predicted molar refractivity (Wildman–Crippen MR) is 146 cm³/mol.